The molecule has 0 spiro atoms. The highest BCUT2D eigenvalue weighted by atomic mass is 32.2. The largest absolute Gasteiger partial charge is 0.309 e. The summed E-state index contributed by atoms with van der Waals surface area (Å²) in [5.74, 6) is 0.253. The maximum atomic E-state index is 11.2. The second-order valence-electron chi connectivity index (χ2n) is 8.34. The van der Waals surface area contributed by atoms with Crippen molar-refractivity contribution in [2.45, 2.75) is 12.8 Å². The van der Waals surface area contributed by atoms with Crippen LogP contribution in [0.15, 0.2) is 83.1 Å². The predicted octanol–water partition coefficient (Wildman–Crippen LogP) is 6.21. The van der Waals surface area contributed by atoms with Crippen LogP contribution < -0.4 is 4.90 Å². The molecule has 0 saturated heterocycles. The third kappa shape index (κ3) is 7.40. The van der Waals surface area contributed by atoms with Crippen molar-refractivity contribution in [2.75, 3.05) is 27.9 Å². The summed E-state index contributed by atoms with van der Waals surface area (Å²) in [6, 6.07) is 26.2. The Morgan fingerprint density at radius 1 is 0.649 bits per heavy atom. The van der Waals surface area contributed by atoms with E-state index in [1.54, 1.807) is 0 Å². The molecule has 1 aliphatic heterocycles. The molecule has 0 unspecified atom stereocenters. The Kier molecular flexibility index (Phi) is 9.04. The molecule has 196 valence electrons. The van der Waals surface area contributed by atoms with Gasteiger partial charge in [-0.05, 0) is 48.6 Å². The van der Waals surface area contributed by atoms with Crippen molar-refractivity contribution in [3.05, 3.63) is 94.2 Å². The number of thioether (sulfide) groups is 2. The van der Waals surface area contributed by atoms with Crippen LogP contribution in [-0.4, -0.2) is 49.0 Å². The number of anilines is 3. The van der Waals surface area contributed by atoms with Crippen LogP contribution in [0, 0.1) is 0 Å². The van der Waals surface area contributed by atoms with Crippen LogP contribution in [0.3, 0.4) is 0 Å². The summed E-state index contributed by atoms with van der Waals surface area (Å²) in [5.41, 5.74) is 6.01. The fourth-order valence-electron chi connectivity index (χ4n) is 4.11. The summed E-state index contributed by atoms with van der Waals surface area (Å²) < 4.78 is 64.1. The van der Waals surface area contributed by atoms with Crippen LogP contribution in [0.25, 0.3) is 5.57 Å². The first-order valence-electron chi connectivity index (χ1n) is 11.6. The Labute approximate surface area is 226 Å². The minimum atomic E-state index is -4.06. The Morgan fingerprint density at radius 3 is 1.54 bits per heavy atom. The van der Waals surface area contributed by atoms with Gasteiger partial charge in [0.1, 0.15) is 0 Å². The summed E-state index contributed by atoms with van der Waals surface area (Å²) in [4.78, 5) is 2.21. The minimum Gasteiger partial charge on any atom is -0.309 e. The van der Waals surface area contributed by atoms with E-state index in [1.165, 1.54) is 23.5 Å². The third-order valence-electron chi connectivity index (χ3n) is 5.61. The number of fused-ring (bicyclic) bond motifs is 2. The van der Waals surface area contributed by atoms with Crippen LogP contribution in [0.1, 0.15) is 24.0 Å². The van der Waals surface area contributed by atoms with Crippen LogP contribution >= 0.6 is 23.5 Å². The van der Waals surface area contributed by atoms with Gasteiger partial charge in [-0.3, -0.25) is 9.11 Å². The predicted molar refractivity (Wildman–Crippen MR) is 154 cm³/mol. The lowest BCUT2D eigenvalue weighted by Crippen LogP contribution is -2.18. The van der Waals surface area contributed by atoms with Crippen LogP contribution in [0.5, 0.6) is 0 Å². The fraction of sp³-hybridized carbons (Fsp3) is 0.231. The maximum Gasteiger partial charge on any atom is 0.264 e. The topological polar surface area (TPSA) is 112 Å². The van der Waals surface area contributed by atoms with E-state index in [4.69, 9.17) is 9.11 Å². The van der Waals surface area contributed by atoms with E-state index < -0.39 is 20.2 Å². The zero-order chi connectivity index (χ0) is 26.5. The second kappa shape index (κ2) is 12.1. The highest BCUT2D eigenvalue weighted by molar-refractivity contribution is 8.22. The zero-order valence-electron chi connectivity index (χ0n) is 19.9. The Bertz CT molecular complexity index is 1400. The molecule has 7 nitrogen and oxygen atoms in total. The van der Waals surface area contributed by atoms with Gasteiger partial charge in [-0.1, -0.05) is 54.6 Å². The number of rotatable bonds is 11. The standard InChI is InChI=1S/C26H27NO6S4/c28-36(29,30)18-8-16-34-26(35-17-9-19-37(31,32)33)25-21-12-4-6-14-23(21)27(20-10-2-1-3-11-20)24-15-7-5-13-22(24)25/h1-7,10-15H,8-9,16-19H2,(H,28,29,30)(H,31,32,33). The zero-order valence-corrected chi connectivity index (χ0v) is 23.1. The van der Waals surface area contributed by atoms with Gasteiger partial charge >= 0.3 is 0 Å². The summed E-state index contributed by atoms with van der Waals surface area (Å²) in [6.45, 7) is 0. The molecule has 11 heteroatoms. The number of nitrogens with zero attached hydrogens (tertiary/aromatic N) is 1. The second-order valence-corrected chi connectivity index (χ2v) is 14.0. The average Bonchev–Trinajstić information content (AvgIpc) is 2.86. The normalized spacial score (nSPS) is 13.2. The number of hydrogen-bond acceptors (Lipinski definition) is 7. The molecular weight excluding hydrogens is 551 g/mol. The van der Waals surface area contributed by atoms with E-state index in [0.717, 1.165) is 38.0 Å². The van der Waals surface area contributed by atoms with Crippen molar-refractivity contribution in [1.82, 2.24) is 0 Å². The Hall–Kier alpha value is -2.28. The van der Waals surface area contributed by atoms with Crippen molar-refractivity contribution < 1.29 is 25.9 Å². The van der Waals surface area contributed by atoms with E-state index in [1.807, 2.05) is 54.6 Å². The van der Waals surface area contributed by atoms with Crippen molar-refractivity contribution in [2.24, 2.45) is 0 Å². The molecule has 0 saturated carbocycles. The lowest BCUT2D eigenvalue weighted by atomic mass is 9.91. The van der Waals surface area contributed by atoms with Gasteiger partial charge in [0.2, 0.25) is 0 Å². The minimum absolute atomic E-state index is 0.269. The highest BCUT2D eigenvalue weighted by Crippen LogP contribution is 2.52. The van der Waals surface area contributed by atoms with Crippen molar-refractivity contribution in [3.8, 4) is 0 Å². The molecule has 2 N–H and O–H groups in total. The summed E-state index contributed by atoms with van der Waals surface area (Å²) >= 11 is 2.97. The van der Waals surface area contributed by atoms with Crippen LogP contribution in [0.4, 0.5) is 17.1 Å². The molecule has 0 amide bonds. The molecule has 37 heavy (non-hydrogen) atoms. The van der Waals surface area contributed by atoms with E-state index >= 15 is 0 Å². The lowest BCUT2D eigenvalue weighted by molar-refractivity contribution is 0.480. The third-order valence-corrected chi connectivity index (χ3v) is 9.84. The van der Waals surface area contributed by atoms with Crippen molar-refractivity contribution in [3.63, 3.8) is 0 Å². The van der Waals surface area contributed by atoms with Gasteiger partial charge in [0, 0.05) is 26.6 Å². The lowest BCUT2D eigenvalue weighted by Gasteiger charge is -2.35. The van der Waals surface area contributed by atoms with Gasteiger partial charge < -0.3 is 4.90 Å². The van der Waals surface area contributed by atoms with Crippen LogP contribution in [-0.2, 0) is 20.2 Å². The number of hydrogen-bond donors (Lipinski definition) is 2. The van der Waals surface area contributed by atoms with E-state index in [2.05, 4.69) is 29.2 Å². The van der Waals surface area contributed by atoms with Crippen molar-refractivity contribution >= 4 is 66.4 Å². The van der Waals surface area contributed by atoms with Gasteiger partial charge in [-0.2, -0.15) is 16.8 Å². The highest BCUT2D eigenvalue weighted by Gasteiger charge is 2.29. The van der Waals surface area contributed by atoms with Crippen LogP contribution in [0.2, 0.25) is 0 Å². The number of benzene rings is 3. The SMILES string of the molecule is O=S(=O)(O)CCCSC(SCCCS(=O)(=O)O)=C1c2ccccc2N(c2ccccc2)c2ccccc21. The smallest absolute Gasteiger partial charge is 0.264 e. The molecule has 0 aromatic heterocycles. The molecule has 0 radical (unpaired) electrons. The molecule has 0 aliphatic carbocycles. The number of para-hydroxylation sites is 3. The van der Waals surface area contributed by atoms with Gasteiger partial charge in [-0.25, -0.2) is 0 Å². The summed E-state index contributed by atoms with van der Waals surface area (Å²) in [6.07, 6.45) is 0.538. The van der Waals surface area contributed by atoms with Gasteiger partial charge in [0.25, 0.3) is 20.2 Å². The summed E-state index contributed by atoms with van der Waals surface area (Å²) in [5, 5.41) is 0. The molecule has 3 aromatic carbocycles. The fourth-order valence-corrected chi connectivity index (χ4v) is 8.00. The van der Waals surface area contributed by atoms with Gasteiger partial charge in [0.05, 0.1) is 22.9 Å². The Balaban J connectivity index is 1.79. The molecule has 0 atom stereocenters. The molecule has 4 rings (SSSR count). The first kappa shape index (κ1) is 27.7. The summed E-state index contributed by atoms with van der Waals surface area (Å²) in [7, 11) is -8.11. The monoisotopic (exact) mass is 577 g/mol. The molecule has 1 aliphatic rings. The maximum absolute atomic E-state index is 11.2. The van der Waals surface area contributed by atoms with E-state index in [0.29, 0.717) is 11.5 Å². The van der Waals surface area contributed by atoms with E-state index in [-0.39, 0.29) is 24.3 Å². The average molecular weight is 578 g/mol. The van der Waals surface area contributed by atoms with E-state index in [9.17, 15) is 16.8 Å². The van der Waals surface area contributed by atoms with Crippen molar-refractivity contribution in [1.29, 1.82) is 0 Å². The quantitative estimate of drug-likeness (QED) is 0.159. The molecule has 1 heterocycles. The molecule has 3 aromatic rings. The first-order valence-corrected chi connectivity index (χ1v) is 16.8. The molecule has 0 bridgehead atoms. The molecular formula is C26H27NO6S4. The molecule has 0 fully saturated rings. The van der Waals surface area contributed by atoms with Gasteiger partial charge in [-0.15, -0.1) is 23.5 Å². The Morgan fingerprint density at radius 2 is 1.08 bits per heavy atom. The first-order chi connectivity index (χ1) is 17.6. The van der Waals surface area contributed by atoms with Gasteiger partial charge in [0.15, 0.2) is 0 Å².